The molecule has 0 unspecified atom stereocenters. The first-order valence-corrected chi connectivity index (χ1v) is 5.77. The van der Waals surface area contributed by atoms with Gasteiger partial charge in [0.2, 0.25) is 0 Å². The third kappa shape index (κ3) is 4.04. The predicted molar refractivity (Wildman–Crippen MR) is 67.7 cm³/mol. The van der Waals surface area contributed by atoms with Crippen LogP contribution in [0.3, 0.4) is 0 Å². The van der Waals surface area contributed by atoms with Crippen LogP contribution in [-0.2, 0) is 0 Å². The average molecular weight is 265 g/mol. The third-order valence-electron chi connectivity index (χ3n) is 2.07. The molecule has 4 heteroatoms. The largest absolute Gasteiger partial charge is 0.305 e. The van der Waals surface area contributed by atoms with Gasteiger partial charge in [-0.1, -0.05) is 53.0 Å². The molecule has 0 fully saturated rings. The molecule has 0 aliphatic carbocycles. The topological polar surface area (TPSA) is 12.0 Å². The van der Waals surface area contributed by atoms with Crippen LogP contribution in [0.1, 0.15) is 18.5 Å². The molecule has 0 spiro atoms. The van der Waals surface area contributed by atoms with E-state index in [-0.39, 0.29) is 6.04 Å². The van der Waals surface area contributed by atoms with Crippen LogP contribution in [-0.4, -0.2) is 6.54 Å². The fourth-order valence-electron chi connectivity index (χ4n) is 1.23. The quantitative estimate of drug-likeness (QED) is 0.854. The van der Waals surface area contributed by atoms with E-state index in [4.69, 9.17) is 34.8 Å². The second-order valence-electron chi connectivity index (χ2n) is 3.18. The number of hydrogen-bond donors (Lipinski definition) is 1. The minimum Gasteiger partial charge on any atom is -0.305 e. The van der Waals surface area contributed by atoms with E-state index in [1.165, 1.54) is 5.54 Å². The molecule has 1 aromatic carbocycles. The molecule has 15 heavy (non-hydrogen) atoms. The Kier molecular flexibility index (Phi) is 5.48. The van der Waals surface area contributed by atoms with Crippen molar-refractivity contribution >= 4 is 34.8 Å². The molecule has 0 aromatic heterocycles. The van der Waals surface area contributed by atoms with Crippen LogP contribution in [0.5, 0.6) is 0 Å². The molecule has 0 saturated heterocycles. The van der Waals surface area contributed by atoms with Crippen molar-refractivity contribution < 1.29 is 0 Å². The van der Waals surface area contributed by atoms with Gasteiger partial charge < -0.3 is 5.32 Å². The number of halogens is 3. The summed E-state index contributed by atoms with van der Waals surface area (Å²) in [6.07, 6.45) is 0. The van der Waals surface area contributed by atoms with Crippen molar-refractivity contribution in [2.75, 3.05) is 6.54 Å². The van der Waals surface area contributed by atoms with Crippen LogP contribution in [0.4, 0.5) is 0 Å². The van der Waals surface area contributed by atoms with Gasteiger partial charge in [0.1, 0.15) is 0 Å². The van der Waals surface area contributed by atoms with E-state index in [0.717, 1.165) is 10.6 Å². The van der Waals surface area contributed by atoms with Crippen LogP contribution in [0.2, 0.25) is 5.02 Å². The van der Waals surface area contributed by atoms with Gasteiger partial charge >= 0.3 is 0 Å². The molecule has 1 rings (SSSR count). The van der Waals surface area contributed by atoms with Crippen molar-refractivity contribution in [2.24, 2.45) is 0 Å². The zero-order valence-electron chi connectivity index (χ0n) is 8.31. The standard InChI is InChI=1S/C11H12Cl3N/c1-8(15-7-9(13)6-12)10-4-2-3-5-11(10)14/h2-6,8,15H,7H2,1H3/b9-6-/t8-/m0/s1. The van der Waals surface area contributed by atoms with Gasteiger partial charge in [-0.2, -0.15) is 0 Å². The predicted octanol–water partition coefficient (Wildman–Crippen LogP) is 4.31. The number of rotatable bonds is 4. The first-order chi connectivity index (χ1) is 7.15. The molecular weight excluding hydrogens is 252 g/mol. The lowest BCUT2D eigenvalue weighted by Crippen LogP contribution is -2.20. The van der Waals surface area contributed by atoms with Crippen molar-refractivity contribution in [1.29, 1.82) is 0 Å². The van der Waals surface area contributed by atoms with Crippen molar-refractivity contribution in [2.45, 2.75) is 13.0 Å². The lowest BCUT2D eigenvalue weighted by molar-refractivity contribution is 0.614. The molecule has 1 aromatic rings. The molecule has 1 atom stereocenters. The van der Waals surface area contributed by atoms with Crippen molar-refractivity contribution in [3.05, 3.63) is 45.4 Å². The molecule has 0 saturated carbocycles. The van der Waals surface area contributed by atoms with Crippen LogP contribution in [0.15, 0.2) is 34.8 Å². The Labute approximate surface area is 105 Å². The van der Waals surface area contributed by atoms with Crippen molar-refractivity contribution in [3.8, 4) is 0 Å². The molecule has 0 heterocycles. The van der Waals surface area contributed by atoms with Gasteiger partial charge in [-0.05, 0) is 18.6 Å². The van der Waals surface area contributed by atoms with Gasteiger partial charge in [0.25, 0.3) is 0 Å². The highest BCUT2D eigenvalue weighted by Crippen LogP contribution is 2.22. The summed E-state index contributed by atoms with van der Waals surface area (Å²) >= 11 is 17.3. The zero-order chi connectivity index (χ0) is 11.3. The van der Waals surface area contributed by atoms with E-state index in [0.29, 0.717) is 11.6 Å². The molecule has 0 radical (unpaired) electrons. The van der Waals surface area contributed by atoms with Gasteiger partial charge in [-0.3, -0.25) is 0 Å². The molecular formula is C11H12Cl3N. The molecule has 0 aliphatic rings. The van der Waals surface area contributed by atoms with Crippen LogP contribution in [0.25, 0.3) is 0 Å². The van der Waals surface area contributed by atoms with Crippen molar-refractivity contribution in [3.63, 3.8) is 0 Å². The summed E-state index contributed by atoms with van der Waals surface area (Å²) in [4.78, 5) is 0. The Morgan fingerprint density at radius 2 is 2.13 bits per heavy atom. The SMILES string of the molecule is C[C@H](NC/C(Cl)=C/Cl)c1ccccc1Cl. The van der Waals surface area contributed by atoms with Gasteiger partial charge in [0.15, 0.2) is 0 Å². The second kappa shape index (κ2) is 6.39. The number of benzene rings is 1. The first-order valence-electron chi connectivity index (χ1n) is 4.57. The summed E-state index contributed by atoms with van der Waals surface area (Å²) in [7, 11) is 0. The summed E-state index contributed by atoms with van der Waals surface area (Å²) in [5, 5.41) is 4.55. The van der Waals surface area contributed by atoms with Crippen LogP contribution in [0, 0.1) is 0 Å². The lowest BCUT2D eigenvalue weighted by atomic mass is 10.1. The summed E-state index contributed by atoms with van der Waals surface area (Å²) in [6.45, 7) is 2.57. The minimum atomic E-state index is 0.143. The fourth-order valence-corrected chi connectivity index (χ4v) is 1.68. The average Bonchev–Trinajstić information content (AvgIpc) is 2.26. The van der Waals surface area contributed by atoms with E-state index in [9.17, 15) is 0 Å². The van der Waals surface area contributed by atoms with Crippen LogP contribution >= 0.6 is 34.8 Å². The maximum absolute atomic E-state index is 6.05. The van der Waals surface area contributed by atoms with E-state index < -0.39 is 0 Å². The number of hydrogen-bond acceptors (Lipinski definition) is 1. The van der Waals surface area contributed by atoms with E-state index in [1.54, 1.807) is 0 Å². The van der Waals surface area contributed by atoms with Gasteiger partial charge in [0, 0.05) is 28.2 Å². The number of nitrogens with one attached hydrogen (secondary N) is 1. The van der Waals surface area contributed by atoms with E-state index in [1.807, 2.05) is 31.2 Å². The Bertz CT molecular complexity index is 349. The first kappa shape index (κ1) is 12.9. The molecule has 1 N–H and O–H groups in total. The smallest absolute Gasteiger partial charge is 0.0453 e. The van der Waals surface area contributed by atoms with Gasteiger partial charge in [0.05, 0.1) is 0 Å². The molecule has 0 bridgehead atoms. The van der Waals surface area contributed by atoms with Crippen molar-refractivity contribution in [1.82, 2.24) is 5.32 Å². The Balaban J connectivity index is 2.61. The molecule has 82 valence electrons. The normalized spacial score (nSPS) is 14.0. The Hall–Kier alpha value is -0.210. The minimum absolute atomic E-state index is 0.143. The molecule has 0 aliphatic heterocycles. The summed E-state index contributed by atoms with van der Waals surface area (Å²) in [5.74, 6) is 0. The highest BCUT2D eigenvalue weighted by molar-refractivity contribution is 6.36. The van der Waals surface area contributed by atoms with Gasteiger partial charge in [-0.15, -0.1) is 0 Å². The summed E-state index contributed by atoms with van der Waals surface area (Å²) in [6, 6.07) is 7.86. The Morgan fingerprint density at radius 3 is 2.73 bits per heavy atom. The summed E-state index contributed by atoms with van der Waals surface area (Å²) < 4.78 is 0. The summed E-state index contributed by atoms with van der Waals surface area (Å²) in [5.41, 5.74) is 2.41. The highest BCUT2D eigenvalue weighted by atomic mass is 35.5. The zero-order valence-corrected chi connectivity index (χ0v) is 10.6. The monoisotopic (exact) mass is 263 g/mol. The molecule has 0 amide bonds. The lowest BCUT2D eigenvalue weighted by Gasteiger charge is -2.14. The maximum atomic E-state index is 6.05. The van der Waals surface area contributed by atoms with E-state index >= 15 is 0 Å². The highest BCUT2D eigenvalue weighted by Gasteiger charge is 2.08. The van der Waals surface area contributed by atoms with Gasteiger partial charge in [-0.25, -0.2) is 0 Å². The second-order valence-corrected chi connectivity index (χ2v) is 4.29. The van der Waals surface area contributed by atoms with E-state index in [2.05, 4.69) is 5.32 Å². The van der Waals surface area contributed by atoms with Crippen LogP contribution < -0.4 is 5.32 Å². The Morgan fingerprint density at radius 1 is 1.47 bits per heavy atom. The fraction of sp³-hybridized carbons (Fsp3) is 0.273. The third-order valence-corrected chi connectivity index (χ3v) is 3.03. The molecule has 1 nitrogen and oxygen atoms in total. The maximum Gasteiger partial charge on any atom is 0.0453 e.